The Morgan fingerprint density at radius 1 is 1.12 bits per heavy atom. The fourth-order valence-corrected chi connectivity index (χ4v) is 2.81. The predicted molar refractivity (Wildman–Crippen MR) is 89.1 cm³/mol. The Morgan fingerprint density at radius 3 is 2.54 bits per heavy atom. The van der Waals surface area contributed by atoms with Gasteiger partial charge in [0, 0.05) is 18.6 Å². The van der Waals surface area contributed by atoms with Gasteiger partial charge in [-0.3, -0.25) is 4.52 Å². The largest absolute Gasteiger partial charge is 0.427 e. The number of nitrogens with one attached hydrogen (secondary N) is 2. The molecule has 6 nitrogen and oxygen atoms in total. The van der Waals surface area contributed by atoms with E-state index in [9.17, 15) is 4.79 Å². The molecule has 4 rings (SSSR count). The van der Waals surface area contributed by atoms with Crippen molar-refractivity contribution in [2.24, 2.45) is 5.10 Å². The van der Waals surface area contributed by atoms with Crippen LogP contribution < -0.4 is 15.7 Å². The summed E-state index contributed by atoms with van der Waals surface area (Å²) in [6.07, 6.45) is 2.20. The van der Waals surface area contributed by atoms with Crippen molar-refractivity contribution < 1.29 is 9.20 Å². The van der Waals surface area contributed by atoms with Gasteiger partial charge in [0.25, 0.3) is 6.20 Å². The zero-order valence-corrected chi connectivity index (χ0v) is 13.2. The normalized spacial score (nSPS) is 16.7. The smallest absolute Gasteiger partial charge is 0.302 e. The summed E-state index contributed by atoms with van der Waals surface area (Å²) in [5.41, 5.74) is 8.20. The first kappa shape index (κ1) is 14.4. The first-order valence-corrected chi connectivity index (χ1v) is 7.79. The summed E-state index contributed by atoms with van der Waals surface area (Å²) in [7, 11) is 0. The van der Waals surface area contributed by atoms with Crippen LogP contribution in [0.5, 0.6) is 0 Å². The third kappa shape index (κ3) is 2.74. The van der Waals surface area contributed by atoms with Gasteiger partial charge < -0.3 is 5.43 Å². The van der Waals surface area contributed by atoms with Gasteiger partial charge in [-0.15, -0.1) is 0 Å². The minimum Gasteiger partial charge on any atom is -0.302 e. The maximum absolute atomic E-state index is 11.1. The second-order valence-electron chi connectivity index (χ2n) is 5.91. The first-order valence-electron chi connectivity index (χ1n) is 7.79. The Balaban J connectivity index is 1.50. The summed E-state index contributed by atoms with van der Waals surface area (Å²) in [5, 5.41) is 7.01. The van der Waals surface area contributed by atoms with Gasteiger partial charge in [-0.25, -0.2) is 4.79 Å². The van der Waals surface area contributed by atoms with Crippen LogP contribution in [-0.4, -0.2) is 11.0 Å². The molecular weight excluding hydrogens is 304 g/mol. The molecule has 0 saturated carbocycles. The molecule has 0 spiro atoms. The molecule has 24 heavy (non-hydrogen) atoms. The van der Waals surface area contributed by atoms with Crippen molar-refractivity contribution in [3.05, 3.63) is 81.8 Å². The van der Waals surface area contributed by atoms with Crippen LogP contribution in [0.3, 0.4) is 0 Å². The molecule has 0 bridgehead atoms. The second kappa shape index (κ2) is 5.81. The number of benzene rings is 2. The molecule has 3 aromatic rings. The van der Waals surface area contributed by atoms with Crippen molar-refractivity contribution >= 4 is 5.71 Å². The molecule has 2 aromatic carbocycles. The number of aromatic amines is 1. The lowest BCUT2D eigenvalue weighted by Crippen LogP contribution is -2.32. The Kier molecular flexibility index (Phi) is 3.49. The topological polar surface area (TPSA) is 74.3 Å². The Labute approximate surface area is 138 Å². The molecule has 0 saturated heterocycles. The standard InChI is InChI=1S/C18H16N4O2/c1-12-2-4-13(5-3-12)16-10-17(20-19-16)14-6-8-15(9-7-14)22-11-18(23)24-21-22/h2-9,11,16H,10H2,1H3,(H-,19,21,23)/p+1. The zero-order valence-electron chi connectivity index (χ0n) is 13.2. The summed E-state index contributed by atoms with van der Waals surface area (Å²) in [6, 6.07) is 16.5. The molecule has 1 aliphatic heterocycles. The summed E-state index contributed by atoms with van der Waals surface area (Å²) in [6.45, 7) is 2.08. The van der Waals surface area contributed by atoms with E-state index in [0.29, 0.717) is 0 Å². The van der Waals surface area contributed by atoms with Gasteiger partial charge in [-0.2, -0.15) is 5.10 Å². The summed E-state index contributed by atoms with van der Waals surface area (Å²) >= 11 is 0. The Morgan fingerprint density at radius 2 is 1.88 bits per heavy atom. The fourth-order valence-electron chi connectivity index (χ4n) is 2.81. The second-order valence-corrected chi connectivity index (χ2v) is 5.91. The van der Waals surface area contributed by atoms with Crippen LogP contribution >= 0.6 is 0 Å². The lowest BCUT2D eigenvalue weighted by atomic mass is 9.98. The number of rotatable bonds is 3. The molecule has 0 amide bonds. The average Bonchev–Trinajstić information content (AvgIpc) is 3.25. The average molecular weight is 321 g/mol. The van der Waals surface area contributed by atoms with Crippen molar-refractivity contribution in [2.45, 2.75) is 19.4 Å². The first-order chi connectivity index (χ1) is 11.7. The van der Waals surface area contributed by atoms with E-state index in [1.807, 2.05) is 24.3 Å². The molecule has 0 radical (unpaired) electrons. The Bertz CT molecular complexity index is 936. The third-order valence-electron chi connectivity index (χ3n) is 4.19. The number of hydrazone groups is 1. The van der Waals surface area contributed by atoms with E-state index in [0.717, 1.165) is 23.4 Å². The van der Waals surface area contributed by atoms with Gasteiger partial charge in [0.15, 0.2) is 0 Å². The maximum Gasteiger partial charge on any atom is 0.427 e. The van der Waals surface area contributed by atoms with Crippen molar-refractivity contribution in [3.8, 4) is 5.69 Å². The number of hydrogen-bond donors (Lipinski definition) is 2. The van der Waals surface area contributed by atoms with Gasteiger partial charge in [0.2, 0.25) is 5.69 Å². The number of H-pyrrole nitrogens is 1. The fraction of sp³-hybridized carbons (Fsp3) is 0.167. The van der Waals surface area contributed by atoms with E-state index < -0.39 is 5.63 Å². The number of aromatic nitrogens is 2. The molecule has 6 heteroatoms. The molecular formula is C18H17N4O2+. The minimum atomic E-state index is -0.413. The molecule has 1 aliphatic rings. The van der Waals surface area contributed by atoms with Gasteiger partial charge in [-0.1, -0.05) is 29.8 Å². The zero-order chi connectivity index (χ0) is 16.5. The summed E-state index contributed by atoms with van der Waals surface area (Å²) in [5.74, 6) is 0. The van der Waals surface area contributed by atoms with Crippen molar-refractivity contribution in [2.75, 3.05) is 0 Å². The van der Waals surface area contributed by atoms with E-state index in [-0.39, 0.29) is 6.04 Å². The van der Waals surface area contributed by atoms with Crippen LogP contribution in [0, 0.1) is 6.92 Å². The van der Waals surface area contributed by atoms with E-state index in [4.69, 9.17) is 0 Å². The molecule has 2 N–H and O–H groups in total. The molecule has 1 unspecified atom stereocenters. The lowest BCUT2D eigenvalue weighted by Gasteiger charge is -2.10. The maximum atomic E-state index is 11.1. The van der Waals surface area contributed by atoms with Crippen molar-refractivity contribution in [3.63, 3.8) is 0 Å². The minimum absolute atomic E-state index is 0.208. The quantitative estimate of drug-likeness (QED) is 0.725. The van der Waals surface area contributed by atoms with Crippen molar-refractivity contribution in [1.29, 1.82) is 0 Å². The summed E-state index contributed by atoms with van der Waals surface area (Å²) in [4.78, 5) is 11.1. The van der Waals surface area contributed by atoms with E-state index in [2.05, 4.69) is 51.5 Å². The van der Waals surface area contributed by atoms with Crippen LogP contribution in [-0.2, 0) is 0 Å². The summed E-state index contributed by atoms with van der Waals surface area (Å²) < 4.78 is 6.21. The predicted octanol–water partition coefficient (Wildman–Crippen LogP) is 1.99. The van der Waals surface area contributed by atoms with Crippen LogP contribution in [0.1, 0.15) is 29.2 Å². The molecule has 0 aliphatic carbocycles. The molecule has 0 fully saturated rings. The number of hydrogen-bond acceptors (Lipinski definition) is 4. The highest BCUT2D eigenvalue weighted by Gasteiger charge is 2.21. The molecule has 1 atom stereocenters. The van der Waals surface area contributed by atoms with Crippen LogP contribution in [0.15, 0.2) is 69.1 Å². The lowest BCUT2D eigenvalue weighted by molar-refractivity contribution is -0.670. The molecule has 120 valence electrons. The van der Waals surface area contributed by atoms with Gasteiger partial charge >= 0.3 is 5.63 Å². The highest BCUT2D eigenvalue weighted by atomic mass is 16.5. The highest BCUT2D eigenvalue weighted by molar-refractivity contribution is 6.01. The number of nitrogens with zero attached hydrogens (tertiary/aromatic N) is 2. The van der Waals surface area contributed by atoms with Crippen molar-refractivity contribution in [1.82, 2.24) is 10.7 Å². The van der Waals surface area contributed by atoms with Crippen LogP contribution in [0.4, 0.5) is 0 Å². The third-order valence-corrected chi connectivity index (χ3v) is 4.19. The van der Waals surface area contributed by atoms with E-state index >= 15 is 0 Å². The molecule has 1 aromatic heterocycles. The monoisotopic (exact) mass is 321 g/mol. The molecule has 2 heterocycles. The van der Waals surface area contributed by atoms with Crippen LogP contribution in [0.2, 0.25) is 0 Å². The van der Waals surface area contributed by atoms with Crippen LogP contribution in [0.25, 0.3) is 5.69 Å². The van der Waals surface area contributed by atoms with E-state index in [1.165, 1.54) is 22.0 Å². The van der Waals surface area contributed by atoms with Gasteiger partial charge in [-0.05, 0) is 40.1 Å². The van der Waals surface area contributed by atoms with Gasteiger partial charge in [0.1, 0.15) is 0 Å². The number of aryl methyl sites for hydroxylation is 1. The SMILES string of the molecule is Cc1ccc(C2CC(c3ccc(-[n+]4cc(=O)o[nH]4)cc3)=NN2)cc1. The van der Waals surface area contributed by atoms with Gasteiger partial charge in [0.05, 0.1) is 11.8 Å². The Hall–Kier alpha value is -3.15. The highest BCUT2D eigenvalue weighted by Crippen LogP contribution is 2.24. The van der Waals surface area contributed by atoms with E-state index in [1.54, 1.807) is 0 Å².